The third-order valence-corrected chi connectivity index (χ3v) is 7.08. The molecule has 6 rings (SSSR count). The number of anilines is 1. The van der Waals surface area contributed by atoms with Gasteiger partial charge < -0.3 is 14.5 Å². The van der Waals surface area contributed by atoms with Crippen LogP contribution in [0.1, 0.15) is 32.9 Å². The molecule has 0 saturated heterocycles. The normalized spacial score (nSPS) is 16.3. The van der Waals surface area contributed by atoms with E-state index in [0.29, 0.717) is 34.4 Å². The first-order valence-electron chi connectivity index (χ1n) is 12.1. The fraction of sp³-hybridized carbons (Fsp3) is 0.172. The molecule has 2 aliphatic heterocycles. The first kappa shape index (κ1) is 23.8. The minimum atomic E-state index is -0.823. The van der Waals surface area contributed by atoms with Gasteiger partial charge >= 0.3 is 0 Å². The van der Waals surface area contributed by atoms with Crippen molar-refractivity contribution in [2.24, 2.45) is 0 Å². The Labute approximate surface area is 224 Å². The lowest BCUT2D eigenvalue weighted by Crippen LogP contribution is -2.49. The van der Waals surface area contributed by atoms with Gasteiger partial charge in [0.05, 0.1) is 18.8 Å². The zero-order valence-electron chi connectivity index (χ0n) is 20.5. The van der Waals surface area contributed by atoms with Crippen LogP contribution >= 0.6 is 11.6 Å². The quantitative estimate of drug-likeness (QED) is 0.382. The van der Waals surface area contributed by atoms with Crippen LogP contribution in [0.3, 0.4) is 0 Å². The molecule has 2 aliphatic rings. The summed E-state index contributed by atoms with van der Waals surface area (Å²) in [5, 5.41) is 4.88. The van der Waals surface area contributed by atoms with Gasteiger partial charge in [0.1, 0.15) is 29.2 Å². The third kappa shape index (κ3) is 4.27. The van der Waals surface area contributed by atoms with Crippen LogP contribution in [0.2, 0.25) is 5.15 Å². The van der Waals surface area contributed by atoms with Gasteiger partial charge in [0.25, 0.3) is 11.8 Å². The van der Waals surface area contributed by atoms with E-state index < -0.39 is 6.04 Å². The van der Waals surface area contributed by atoms with E-state index in [1.165, 1.54) is 9.80 Å². The SMILES string of the molecule is CN1C(=O)[C@@H](N2Cc3c(nn(Cc4ccccc4)c3Cl)C2=O)COc2cc(C#Cc3ccccn3)ccc21. The summed E-state index contributed by atoms with van der Waals surface area (Å²) in [6.45, 7) is 0.645. The predicted molar refractivity (Wildman–Crippen MR) is 142 cm³/mol. The number of carbonyl (C=O) groups excluding carboxylic acids is 2. The third-order valence-electron chi connectivity index (χ3n) is 6.66. The number of rotatable bonds is 3. The van der Waals surface area contributed by atoms with Crippen molar-refractivity contribution >= 4 is 29.1 Å². The number of ether oxygens (including phenoxy) is 1. The average molecular weight is 524 g/mol. The summed E-state index contributed by atoms with van der Waals surface area (Å²) in [5.41, 5.74) is 3.91. The van der Waals surface area contributed by atoms with E-state index in [4.69, 9.17) is 16.3 Å². The van der Waals surface area contributed by atoms with E-state index in [1.807, 2.05) is 54.6 Å². The first-order chi connectivity index (χ1) is 18.5. The number of aromatic nitrogens is 3. The van der Waals surface area contributed by atoms with Crippen molar-refractivity contribution in [1.29, 1.82) is 0 Å². The summed E-state index contributed by atoms with van der Waals surface area (Å²) in [6, 6.07) is 19.9. The van der Waals surface area contributed by atoms with Crippen LogP contribution in [-0.4, -0.2) is 51.2 Å². The van der Waals surface area contributed by atoms with Gasteiger partial charge in [0.2, 0.25) is 0 Å². The highest BCUT2D eigenvalue weighted by Gasteiger charge is 2.43. The molecule has 0 aliphatic carbocycles. The molecule has 0 spiro atoms. The Kier molecular flexibility index (Phi) is 6.06. The highest BCUT2D eigenvalue weighted by Crippen LogP contribution is 2.35. The zero-order valence-corrected chi connectivity index (χ0v) is 21.2. The molecule has 0 bridgehead atoms. The molecule has 0 saturated carbocycles. The largest absolute Gasteiger partial charge is 0.489 e. The van der Waals surface area contributed by atoms with Gasteiger partial charge in [-0.05, 0) is 41.8 Å². The maximum absolute atomic E-state index is 13.5. The Bertz CT molecular complexity index is 1610. The molecule has 4 aromatic rings. The van der Waals surface area contributed by atoms with E-state index in [-0.39, 0.29) is 30.7 Å². The Morgan fingerprint density at radius 1 is 1.05 bits per heavy atom. The van der Waals surface area contributed by atoms with E-state index in [1.54, 1.807) is 30.1 Å². The van der Waals surface area contributed by atoms with E-state index in [2.05, 4.69) is 21.9 Å². The summed E-state index contributed by atoms with van der Waals surface area (Å²) in [7, 11) is 1.68. The highest BCUT2D eigenvalue weighted by molar-refractivity contribution is 6.31. The summed E-state index contributed by atoms with van der Waals surface area (Å²) < 4.78 is 7.69. The fourth-order valence-electron chi connectivity index (χ4n) is 4.64. The van der Waals surface area contributed by atoms with Crippen LogP contribution in [-0.2, 0) is 17.9 Å². The molecule has 0 radical (unpaired) electrons. The smallest absolute Gasteiger partial charge is 0.275 e. The second-order valence-corrected chi connectivity index (χ2v) is 9.42. The summed E-state index contributed by atoms with van der Waals surface area (Å²) in [6.07, 6.45) is 1.69. The molecule has 4 heterocycles. The van der Waals surface area contributed by atoms with E-state index in [0.717, 1.165) is 11.1 Å². The van der Waals surface area contributed by atoms with Gasteiger partial charge in [-0.15, -0.1) is 0 Å². The van der Waals surface area contributed by atoms with Gasteiger partial charge in [0, 0.05) is 24.4 Å². The highest BCUT2D eigenvalue weighted by atomic mass is 35.5. The number of benzene rings is 2. The summed E-state index contributed by atoms with van der Waals surface area (Å²) >= 11 is 6.63. The number of carbonyl (C=O) groups is 2. The Hall–Kier alpha value is -4.61. The Morgan fingerprint density at radius 3 is 2.63 bits per heavy atom. The minimum Gasteiger partial charge on any atom is -0.489 e. The number of halogens is 1. The zero-order chi connectivity index (χ0) is 26.2. The predicted octanol–water partition coefficient (Wildman–Crippen LogP) is 3.76. The second-order valence-electron chi connectivity index (χ2n) is 9.07. The van der Waals surface area contributed by atoms with Gasteiger partial charge in [0.15, 0.2) is 5.69 Å². The second kappa shape index (κ2) is 9.69. The topological polar surface area (TPSA) is 80.6 Å². The molecule has 38 heavy (non-hydrogen) atoms. The summed E-state index contributed by atoms with van der Waals surface area (Å²) in [5.74, 6) is 6.04. The van der Waals surface area contributed by atoms with Gasteiger partial charge in [-0.1, -0.05) is 53.9 Å². The molecule has 1 atom stereocenters. The fourth-order valence-corrected chi connectivity index (χ4v) is 4.89. The molecular formula is C29H22ClN5O3. The monoisotopic (exact) mass is 523 g/mol. The molecule has 9 heteroatoms. The van der Waals surface area contributed by atoms with Crippen molar-refractivity contribution in [2.45, 2.75) is 19.1 Å². The van der Waals surface area contributed by atoms with Crippen LogP contribution < -0.4 is 9.64 Å². The number of likely N-dealkylation sites (N-methyl/N-ethyl adjacent to an activating group) is 1. The van der Waals surface area contributed by atoms with Crippen molar-refractivity contribution in [2.75, 3.05) is 18.6 Å². The maximum atomic E-state index is 13.5. The first-order valence-corrected chi connectivity index (χ1v) is 12.4. The molecular weight excluding hydrogens is 502 g/mol. The van der Waals surface area contributed by atoms with E-state index >= 15 is 0 Å². The molecule has 0 unspecified atom stereocenters. The Balaban J connectivity index is 1.22. The number of fused-ring (bicyclic) bond motifs is 2. The van der Waals surface area contributed by atoms with Crippen molar-refractivity contribution in [3.8, 4) is 17.6 Å². The maximum Gasteiger partial charge on any atom is 0.275 e. The Morgan fingerprint density at radius 2 is 1.87 bits per heavy atom. The molecule has 0 fully saturated rings. The van der Waals surface area contributed by atoms with Crippen LogP contribution in [0.5, 0.6) is 5.75 Å². The number of hydrogen-bond acceptors (Lipinski definition) is 5. The van der Waals surface area contributed by atoms with Crippen molar-refractivity contribution < 1.29 is 14.3 Å². The number of amides is 2. The molecule has 2 aromatic heterocycles. The standard InChI is InChI=1S/C29H22ClN5O3/c1-33-23-13-11-19(10-12-21-9-5-6-14-31-21)15-25(23)38-18-24(28(33)36)34-17-22-26(29(34)37)32-35(27(22)30)16-20-7-3-2-4-8-20/h2-9,11,13-15,24H,16-18H2,1H3/t24-/m0/s1. The number of pyridine rings is 1. The van der Waals surface area contributed by atoms with Gasteiger partial charge in [-0.3, -0.25) is 9.59 Å². The molecule has 8 nitrogen and oxygen atoms in total. The van der Waals surface area contributed by atoms with Crippen molar-refractivity contribution in [3.05, 3.63) is 106 Å². The lowest BCUT2D eigenvalue weighted by molar-refractivity contribution is -0.123. The minimum absolute atomic E-state index is 0.00491. The molecule has 2 amide bonds. The van der Waals surface area contributed by atoms with Crippen LogP contribution in [0.15, 0.2) is 72.9 Å². The van der Waals surface area contributed by atoms with Crippen molar-refractivity contribution in [3.63, 3.8) is 0 Å². The lowest BCUT2D eigenvalue weighted by atomic mass is 10.1. The molecule has 188 valence electrons. The van der Waals surface area contributed by atoms with Crippen LogP contribution in [0.25, 0.3) is 0 Å². The van der Waals surface area contributed by atoms with Gasteiger partial charge in [-0.2, -0.15) is 5.10 Å². The number of hydrogen-bond donors (Lipinski definition) is 0. The van der Waals surface area contributed by atoms with Crippen LogP contribution in [0.4, 0.5) is 5.69 Å². The molecule has 0 N–H and O–H groups in total. The summed E-state index contributed by atoms with van der Waals surface area (Å²) in [4.78, 5) is 34.0. The van der Waals surface area contributed by atoms with E-state index in [9.17, 15) is 9.59 Å². The lowest BCUT2D eigenvalue weighted by Gasteiger charge is -2.27. The van der Waals surface area contributed by atoms with Gasteiger partial charge in [-0.25, -0.2) is 9.67 Å². The van der Waals surface area contributed by atoms with Crippen molar-refractivity contribution in [1.82, 2.24) is 19.7 Å². The molecule has 2 aromatic carbocycles. The van der Waals surface area contributed by atoms with Crippen LogP contribution in [0, 0.1) is 11.8 Å². The average Bonchev–Trinajstić information content (AvgIpc) is 3.39. The number of nitrogens with zero attached hydrogens (tertiary/aromatic N) is 5.